The van der Waals surface area contributed by atoms with E-state index >= 15 is 0 Å². The summed E-state index contributed by atoms with van der Waals surface area (Å²) in [5.74, 6) is 0. The maximum atomic E-state index is 2.30. The quantitative estimate of drug-likeness (QED) is 0.362. The van der Waals surface area contributed by atoms with Gasteiger partial charge in [0.25, 0.3) is 0 Å². The van der Waals surface area contributed by atoms with Crippen LogP contribution in [0.15, 0.2) is 29.8 Å². The van der Waals surface area contributed by atoms with Gasteiger partial charge in [0.2, 0.25) is 0 Å². The Morgan fingerprint density at radius 1 is 1.07 bits per heavy atom. The smallest absolute Gasteiger partial charge is 1.00 e. The average molecular weight is 460 g/mol. The van der Waals surface area contributed by atoms with Crippen molar-refractivity contribution in [2.45, 2.75) is 10.5 Å². The molecular formula is C10H9Br3Zr. The molecule has 0 saturated carbocycles. The van der Waals surface area contributed by atoms with Crippen molar-refractivity contribution in [1.29, 1.82) is 0 Å². The van der Waals surface area contributed by atoms with Crippen LogP contribution in [0.2, 0.25) is 0 Å². The van der Waals surface area contributed by atoms with E-state index in [0.717, 1.165) is 3.63 Å². The molecule has 2 rings (SSSR count). The number of allylic oxidation sites excluding steroid dienone is 1. The van der Waals surface area contributed by atoms with Crippen LogP contribution >= 0.6 is 0 Å². The summed E-state index contributed by atoms with van der Waals surface area (Å²) in [6, 6.07) is 8.67. The van der Waals surface area contributed by atoms with E-state index in [4.69, 9.17) is 0 Å². The minimum Gasteiger partial charge on any atom is -1.00 e. The fraction of sp³-hybridized carbons (Fsp3) is 0.200. The van der Waals surface area contributed by atoms with E-state index in [1.54, 1.807) is 24.7 Å². The SMILES string of the molecule is CC1=Cc2ccccc2[CH]1[Zr+3].[Br-].[Br-].[Br-]. The molecule has 1 aromatic rings. The molecule has 1 aliphatic rings. The van der Waals surface area contributed by atoms with Crippen molar-refractivity contribution in [2.75, 3.05) is 0 Å². The van der Waals surface area contributed by atoms with Gasteiger partial charge in [-0.25, -0.2) is 0 Å². The van der Waals surface area contributed by atoms with Crippen LogP contribution in [0.4, 0.5) is 0 Å². The molecule has 0 heterocycles. The fourth-order valence-electron chi connectivity index (χ4n) is 1.48. The van der Waals surface area contributed by atoms with E-state index in [1.807, 2.05) is 0 Å². The van der Waals surface area contributed by atoms with Gasteiger partial charge in [-0.05, 0) is 0 Å². The molecule has 0 saturated heterocycles. The molecule has 0 bridgehead atoms. The third-order valence-electron chi connectivity index (χ3n) is 2.15. The number of benzene rings is 1. The molecule has 0 aromatic heterocycles. The maximum Gasteiger partial charge on any atom is -1.00 e. The predicted octanol–water partition coefficient (Wildman–Crippen LogP) is -6.30. The van der Waals surface area contributed by atoms with Crippen molar-refractivity contribution in [1.82, 2.24) is 0 Å². The molecule has 1 aliphatic carbocycles. The molecule has 74 valence electrons. The molecule has 1 aromatic carbocycles. The van der Waals surface area contributed by atoms with Crippen LogP contribution in [0.1, 0.15) is 21.7 Å². The largest absolute Gasteiger partial charge is 1.00 e. The van der Waals surface area contributed by atoms with Crippen molar-refractivity contribution < 1.29 is 75.7 Å². The van der Waals surface area contributed by atoms with Gasteiger partial charge in [-0.15, -0.1) is 0 Å². The van der Waals surface area contributed by atoms with Gasteiger partial charge < -0.3 is 50.9 Å². The summed E-state index contributed by atoms with van der Waals surface area (Å²) < 4.78 is 0.721. The van der Waals surface area contributed by atoms with E-state index in [-0.39, 0.29) is 50.9 Å². The summed E-state index contributed by atoms with van der Waals surface area (Å²) in [5, 5.41) is 0. The van der Waals surface area contributed by atoms with Gasteiger partial charge in [-0.1, -0.05) is 0 Å². The Hall–Kier alpha value is 1.28. The topological polar surface area (TPSA) is 0 Å². The van der Waals surface area contributed by atoms with Crippen LogP contribution < -0.4 is 50.9 Å². The Morgan fingerprint density at radius 2 is 1.64 bits per heavy atom. The molecule has 14 heavy (non-hydrogen) atoms. The number of hydrogen-bond donors (Lipinski definition) is 0. The summed E-state index contributed by atoms with van der Waals surface area (Å²) in [5.41, 5.74) is 4.46. The van der Waals surface area contributed by atoms with Crippen molar-refractivity contribution in [3.63, 3.8) is 0 Å². The molecular weight excluding hydrogens is 451 g/mol. The third kappa shape index (κ3) is 3.40. The second-order valence-electron chi connectivity index (χ2n) is 2.95. The first-order valence-corrected chi connectivity index (χ1v) is 5.19. The molecule has 0 spiro atoms. The Labute approximate surface area is 132 Å². The number of hydrogen-bond acceptors (Lipinski definition) is 0. The molecule has 1 atom stereocenters. The van der Waals surface area contributed by atoms with E-state index in [9.17, 15) is 0 Å². The monoisotopic (exact) mass is 456 g/mol. The van der Waals surface area contributed by atoms with Crippen LogP contribution in [0, 0.1) is 0 Å². The maximum absolute atomic E-state index is 2.30. The Kier molecular flexibility index (Phi) is 9.52. The number of rotatable bonds is 0. The molecule has 0 N–H and O–H groups in total. The fourth-order valence-corrected chi connectivity index (χ4v) is 2.33. The summed E-state index contributed by atoms with van der Waals surface area (Å²) >= 11 is 1.60. The van der Waals surface area contributed by atoms with Crippen molar-refractivity contribution in [3.8, 4) is 0 Å². The summed E-state index contributed by atoms with van der Waals surface area (Å²) in [7, 11) is 0. The van der Waals surface area contributed by atoms with Crippen LogP contribution in [-0.2, 0) is 24.7 Å². The van der Waals surface area contributed by atoms with Crippen molar-refractivity contribution in [3.05, 3.63) is 41.0 Å². The molecule has 4 heteroatoms. The van der Waals surface area contributed by atoms with E-state index in [0.29, 0.717) is 0 Å². The predicted molar refractivity (Wildman–Crippen MR) is 42.8 cm³/mol. The second kappa shape index (κ2) is 7.54. The van der Waals surface area contributed by atoms with E-state index in [2.05, 4.69) is 37.3 Å². The Morgan fingerprint density at radius 3 is 2.21 bits per heavy atom. The molecule has 0 amide bonds. The molecule has 1 unspecified atom stereocenters. The zero-order valence-electron chi connectivity index (χ0n) is 7.60. The summed E-state index contributed by atoms with van der Waals surface area (Å²) in [6.45, 7) is 2.22. The zero-order chi connectivity index (χ0) is 7.84. The molecule has 0 radical (unpaired) electrons. The third-order valence-corrected chi connectivity index (χ3v) is 4.03. The van der Waals surface area contributed by atoms with Gasteiger partial charge in [0.1, 0.15) is 0 Å². The minimum atomic E-state index is 0. The summed E-state index contributed by atoms with van der Waals surface area (Å²) in [4.78, 5) is 0. The summed E-state index contributed by atoms with van der Waals surface area (Å²) in [6.07, 6.45) is 2.30. The standard InChI is InChI=1S/C10H9.3BrH.Zr/c1-8-6-9-4-2-3-5-10(9)7-8;;;;/h2-7H,1H3;3*1H;/q;;;;+3/p-3. The van der Waals surface area contributed by atoms with Gasteiger partial charge in [-0.2, -0.15) is 0 Å². The normalized spacial score (nSPS) is 16.8. The van der Waals surface area contributed by atoms with Crippen molar-refractivity contribution in [2.24, 2.45) is 0 Å². The molecule has 0 fully saturated rings. The van der Waals surface area contributed by atoms with Crippen LogP contribution in [-0.4, -0.2) is 0 Å². The van der Waals surface area contributed by atoms with Gasteiger partial charge in [0.05, 0.1) is 0 Å². The molecule has 0 nitrogen and oxygen atoms in total. The van der Waals surface area contributed by atoms with Gasteiger partial charge in [-0.3, -0.25) is 0 Å². The first-order valence-electron chi connectivity index (χ1n) is 3.77. The minimum absolute atomic E-state index is 0. The van der Waals surface area contributed by atoms with Gasteiger partial charge in [0, 0.05) is 0 Å². The van der Waals surface area contributed by atoms with E-state index < -0.39 is 0 Å². The van der Waals surface area contributed by atoms with Gasteiger partial charge in [0.15, 0.2) is 0 Å². The van der Waals surface area contributed by atoms with Gasteiger partial charge >= 0.3 is 82.3 Å². The van der Waals surface area contributed by atoms with E-state index in [1.165, 1.54) is 16.7 Å². The van der Waals surface area contributed by atoms with Crippen molar-refractivity contribution >= 4 is 6.08 Å². The average Bonchev–Trinajstić information content (AvgIpc) is 2.30. The van der Waals surface area contributed by atoms with Crippen LogP contribution in [0.5, 0.6) is 0 Å². The second-order valence-corrected chi connectivity index (χ2v) is 4.37. The molecule has 0 aliphatic heterocycles. The van der Waals surface area contributed by atoms with Crippen LogP contribution in [0.3, 0.4) is 0 Å². The Bertz CT molecular complexity index is 323. The number of halogens is 3. The first-order chi connectivity index (χ1) is 5.29. The zero-order valence-corrected chi connectivity index (χ0v) is 14.8. The number of fused-ring (bicyclic) bond motifs is 1. The first kappa shape index (κ1) is 17.7. The Balaban J connectivity index is 0. The van der Waals surface area contributed by atoms with Crippen LogP contribution in [0.25, 0.3) is 6.08 Å².